The molecule has 0 bridgehead atoms. The van der Waals surface area contributed by atoms with Gasteiger partial charge in [0.25, 0.3) is 0 Å². The van der Waals surface area contributed by atoms with Crippen molar-refractivity contribution in [1.82, 2.24) is 4.98 Å². The second-order valence-electron chi connectivity index (χ2n) is 3.13. The van der Waals surface area contributed by atoms with E-state index in [-0.39, 0.29) is 0 Å². The van der Waals surface area contributed by atoms with E-state index in [1.807, 2.05) is 19.9 Å². The van der Waals surface area contributed by atoms with Gasteiger partial charge in [-0.3, -0.25) is 4.98 Å². The Morgan fingerprint density at radius 3 is 2.46 bits per heavy atom. The van der Waals surface area contributed by atoms with Crippen molar-refractivity contribution in [1.29, 1.82) is 0 Å². The molecule has 0 aliphatic heterocycles. The Labute approximate surface area is 87.1 Å². The van der Waals surface area contributed by atoms with Gasteiger partial charge < -0.3 is 5.11 Å². The molecule has 13 heavy (non-hydrogen) atoms. The zero-order chi connectivity index (χ0) is 9.90. The predicted molar refractivity (Wildman–Crippen MR) is 56.4 cm³/mol. The number of aliphatic hydroxyl groups is 1. The van der Waals surface area contributed by atoms with Crippen molar-refractivity contribution in [2.75, 3.05) is 0 Å². The van der Waals surface area contributed by atoms with E-state index < -0.39 is 5.60 Å². The molecule has 0 saturated heterocycles. The fourth-order valence-electron chi connectivity index (χ4n) is 1.32. The first-order valence-electron chi connectivity index (χ1n) is 4.46. The molecule has 0 fully saturated rings. The lowest BCUT2D eigenvalue weighted by Crippen LogP contribution is -2.23. The third-order valence-corrected chi connectivity index (χ3v) is 2.85. The summed E-state index contributed by atoms with van der Waals surface area (Å²) in [6.45, 7) is 3.95. The summed E-state index contributed by atoms with van der Waals surface area (Å²) in [6, 6.07) is 1.92. The van der Waals surface area contributed by atoms with Crippen molar-refractivity contribution in [2.45, 2.75) is 32.3 Å². The van der Waals surface area contributed by atoms with E-state index in [1.165, 1.54) is 0 Å². The number of aromatic nitrogens is 1. The van der Waals surface area contributed by atoms with Crippen molar-refractivity contribution >= 4 is 15.9 Å². The number of hydrogen-bond acceptors (Lipinski definition) is 2. The zero-order valence-corrected chi connectivity index (χ0v) is 9.50. The minimum Gasteiger partial charge on any atom is -0.385 e. The van der Waals surface area contributed by atoms with Gasteiger partial charge in [0.05, 0.1) is 5.60 Å². The highest BCUT2D eigenvalue weighted by Crippen LogP contribution is 2.29. The first-order valence-corrected chi connectivity index (χ1v) is 5.25. The minimum atomic E-state index is -0.725. The molecule has 0 atom stereocenters. The monoisotopic (exact) mass is 243 g/mol. The van der Waals surface area contributed by atoms with Gasteiger partial charge in [0.15, 0.2) is 0 Å². The molecule has 1 rings (SSSR count). The summed E-state index contributed by atoms with van der Waals surface area (Å²) in [5.41, 5.74) is 0.156. The van der Waals surface area contributed by atoms with Crippen molar-refractivity contribution in [2.24, 2.45) is 0 Å². The van der Waals surface area contributed by atoms with E-state index in [9.17, 15) is 5.11 Å². The molecule has 0 unspecified atom stereocenters. The third kappa shape index (κ3) is 2.29. The van der Waals surface area contributed by atoms with Gasteiger partial charge in [0.1, 0.15) is 0 Å². The predicted octanol–water partition coefficient (Wildman–Crippen LogP) is 2.85. The molecular weight excluding hydrogens is 230 g/mol. The lowest BCUT2D eigenvalue weighted by Gasteiger charge is -2.25. The Morgan fingerprint density at radius 2 is 2.00 bits per heavy atom. The van der Waals surface area contributed by atoms with Crippen LogP contribution in [0.25, 0.3) is 0 Å². The minimum absolute atomic E-state index is 0.710. The van der Waals surface area contributed by atoms with Gasteiger partial charge in [0.2, 0.25) is 0 Å². The van der Waals surface area contributed by atoms with Crippen LogP contribution in [0.2, 0.25) is 0 Å². The maximum Gasteiger partial charge on any atom is 0.0906 e. The Bertz CT molecular complexity index is 284. The maximum atomic E-state index is 10.2. The van der Waals surface area contributed by atoms with Gasteiger partial charge in [-0.1, -0.05) is 13.8 Å². The molecule has 1 aromatic rings. The number of nitrogens with zero attached hydrogens (tertiary/aromatic N) is 1. The topological polar surface area (TPSA) is 33.1 Å². The van der Waals surface area contributed by atoms with Crippen LogP contribution in [-0.4, -0.2) is 10.1 Å². The van der Waals surface area contributed by atoms with Crippen LogP contribution < -0.4 is 0 Å². The lowest BCUT2D eigenvalue weighted by molar-refractivity contribution is 0.0280. The molecule has 0 aliphatic carbocycles. The van der Waals surface area contributed by atoms with Crippen LogP contribution in [0.1, 0.15) is 32.3 Å². The highest BCUT2D eigenvalue weighted by Gasteiger charge is 2.24. The molecule has 72 valence electrons. The number of pyridine rings is 1. The summed E-state index contributed by atoms with van der Waals surface area (Å²) in [7, 11) is 0. The van der Waals surface area contributed by atoms with Gasteiger partial charge in [0, 0.05) is 22.4 Å². The average Bonchev–Trinajstić information content (AvgIpc) is 2.17. The highest BCUT2D eigenvalue weighted by atomic mass is 79.9. The molecule has 0 saturated carbocycles. The van der Waals surface area contributed by atoms with Crippen LogP contribution in [0, 0.1) is 0 Å². The third-order valence-electron chi connectivity index (χ3n) is 2.41. The standard InChI is InChI=1S/C10H14BrNO/c1-3-10(13,4-2)8-5-9(11)7-12-6-8/h5-7,13H,3-4H2,1-2H3. The van der Waals surface area contributed by atoms with Crippen LogP contribution >= 0.6 is 15.9 Å². The first-order chi connectivity index (χ1) is 6.12. The number of halogens is 1. The smallest absolute Gasteiger partial charge is 0.0906 e. The van der Waals surface area contributed by atoms with Crippen molar-refractivity contribution in [3.8, 4) is 0 Å². The van der Waals surface area contributed by atoms with Crippen LogP contribution in [0.4, 0.5) is 0 Å². The molecule has 3 heteroatoms. The van der Waals surface area contributed by atoms with E-state index in [1.54, 1.807) is 12.4 Å². The molecule has 1 aromatic heterocycles. The summed E-state index contributed by atoms with van der Waals surface area (Å²) in [5.74, 6) is 0. The van der Waals surface area contributed by atoms with Gasteiger partial charge in [-0.25, -0.2) is 0 Å². The quantitative estimate of drug-likeness (QED) is 0.886. The lowest BCUT2D eigenvalue weighted by atomic mass is 9.90. The fourth-order valence-corrected chi connectivity index (χ4v) is 1.69. The van der Waals surface area contributed by atoms with E-state index in [2.05, 4.69) is 20.9 Å². The van der Waals surface area contributed by atoms with Crippen LogP contribution in [0.3, 0.4) is 0 Å². The van der Waals surface area contributed by atoms with Gasteiger partial charge in [-0.2, -0.15) is 0 Å². The second kappa shape index (κ2) is 4.20. The van der Waals surface area contributed by atoms with E-state index >= 15 is 0 Å². The summed E-state index contributed by atoms with van der Waals surface area (Å²) in [6.07, 6.45) is 4.86. The Hall–Kier alpha value is -0.410. The van der Waals surface area contributed by atoms with E-state index in [0.29, 0.717) is 12.8 Å². The second-order valence-corrected chi connectivity index (χ2v) is 4.05. The van der Waals surface area contributed by atoms with Crippen molar-refractivity contribution in [3.05, 3.63) is 28.5 Å². The number of rotatable bonds is 3. The largest absolute Gasteiger partial charge is 0.385 e. The zero-order valence-electron chi connectivity index (χ0n) is 7.92. The summed E-state index contributed by atoms with van der Waals surface area (Å²) < 4.78 is 0.908. The number of hydrogen-bond donors (Lipinski definition) is 1. The maximum absolute atomic E-state index is 10.2. The van der Waals surface area contributed by atoms with Gasteiger partial charge >= 0.3 is 0 Å². The Morgan fingerprint density at radius 1 is 1.38 bits per heavy atom. The van der Waals surface area contributed by atoms with E-state index in [4.69, 9.17) is 0 Å². The SMILES string of the molecule is CCC(O)(CC)c1cncc(Br)c1. The van der Waals surface area contributed by atoms with Gasteiger partial charge in [-0.15, -0.1) is 0 Å². The molecule has 0 amide bonds. The highest BCUT2D eigenvalue weighted by molar-refractivity contribution is 9.10. The van der Waals surface area contributed by atoms with Crippen LogP contribution in [0.5, 0.6) is 0 Å². The molecule has 0 radical (unpaired) electrons. The van der Waals surface area contributed by atoms with Crippen LogP contribution in [0.15, 0.2) is 22.9 Å². The molecule has 2 nitrogen and oxygen atoms in total. The summed E-state index contributed by atoms with van der Waals surface area (Å²) >= 11 is 3.34. The molecule has 0 aromatic carbocycles. The molecule has 0 spiro atoms. The molecule has 1 N–H and O–H groups in total. The Balaban J connectivity index is 3.05. The van der Waals surface area contributed by atoms with Crippen molar-refractivity contribution < 1.29 is 5.11 Å². The molecule has 1 heterocycles. The Kier molecular flexibility index (Phi) is 3.45. The summed E-state index contributed by atoms with van der Waals surface area (Å²) in [5, 5.41) is 10.2. The van der Waals surface area contributed by atoms with E-state index in [0.717, 1.165) is 10.0 Å². The summed E-state index contributed by atoms with van der Waals surface area (Å²) in [4.78, 5) is 4.04. The fraction of sp³-hybridized carbons (Fsp3) is 0.500. The van der Waals surface area contributed by atoms with Gasteiger partial charge in [-0.05, 0) is 34.8 Å². The average molecular weight is 244 g/mol. The first kappa shape index (κ1) is 10.7. The van der Waals surface area contributed by atoms with Crippen LogP contribution in [-0.2, 0) is 5.60 Å². The normalized spacial score (nSPS) is 11.7. The molecule has 0 aliphatic rings. The van der Waals surface area contributed by atoms with Crippen molar-refractivity contribution in [3.63, 3.8) is 0 Å². The molecular formula is C10H14BrNO.